The predicted molar refractivity (Wildman–Crippen MR) is 73.6 cm³/mol. The van der Waals surface area contributed by atoms with Crippen LogP contribution in [0, 0.1) is 13.8 Å². The van der Waals surface area contributed by atoms with Crippen LogP contribution in [-0.2, 0) is 67.5 Å². The number of halogens is 1. The molecule has 0 saturated heterocycles. The monoisotopic (exact) mass is 578 g/mol. The van der Waals surface area contributed by atoms with Crippen LogP contribution in [0.1, 0.15) is 0 Å². The van der Waals surface area contributed by atoms with Crippen LogP contribution >= 0.6 is 11.6 Å². The van der Waals surface area contributed by atoms with Crippen molar-refractivity contribution in [2.24, 2.45) is 0 Å². The van der Waals surface area contributed by atoms with Crippen molar-refractivity contribution in [3.8, 4) is 5.88 Å². The number of carbonyl (C=O) groups is 2. The maximum absolute atomic E-state index is 10.8. The van der Waals surface area contributed by atoms with E-state index < -0.39 is 11.9 Å². The molecule has 0 spiro atoms. The number of hydrogen-bond donors (Lipinski definition) is 2. The molecular weight excluding hydrogens is 563 g/mol. The number of carboxylic acids is 1. The molecule has 0 atom stereocenters. The molecule has 2 radical (unpaired) electrons. The number of carboxylic acid groups (broad SMARTS) is 1. The van der Waals surface area contributed by atoms with Gasteiger partial charge < -0.3 is 31.6 Å². The summed E-state index contributed by atoms with van der Waals surface area (Å²) >= 11 is 5.82. The van der Waals surface area contributed by atoms with Gasteiger partial charge >= 0.3 is 0 Å². The summed E-state index contributed by atoms with van der Waals surface area (Å²) in [5.41, 5.74) is 0. The molecule has 22 heavy (non-hydrogen) atoms. The second-order valence-corrected chi connectivity index (χ2v) is 3.67. The van der Waals surface area contributed by atoms with E-state index in [0.29, 0.717) is 24.1 Å². The Balaban J connectivity index is -0.000000538. The average Bonchev–Trinajstić information content (AvgIpc) is 2.32. The zero-order valence-corrected chi connectivity index (χ0v) is 18.2. The molecule has 1 aromatic rings. The predicted octanol–water partition coefficient (Wildman–Crippen LogP) is 1.43. The van der Waals surface area contributed by atoms with E-state index in [1.165, 1.54) is 0 Å². The molecule has 0 aromatic carbocycles. The third kappa shape index (κ3) is 14.6. The minimum Gasteiger partial charge on any atom is -0.503 e. The number of carbonyl (C=O) groups excluding carboxylic acids is 1. The topological polar surface area (TPSA) is 97.8 Å². The summed E-state index contributed by atoms with van der Waals surface area (Å²) in [4.78, 5) is 23.6. The van der Waals surface area contributed by atoms with Crippen molar-refractivity contribution in [2.75, 3.05) is 25.6 Å². The van der Waals surface area contributed by atoms with Gasteiger partial charge in [0.1, 0.15) is 6.61 Å². The molecule has 1 amide bonds. The molecule has 0 aliphatic carbocycles. The van der Waals surface area contributed by atoms with Gasteiger partial charge in [-0.1, -0.05) is 11.6 Å². The van der Waals surface area contributed by atoms with Gasteiger partial charge in [-0.25, -0.2) is 0 Å². The number of ether oxygens (including phenoxy) is 2. The summed E-state index contributed by atoms with van der Waals surface area (Å²) < 4.78 is 10.1. The second-order valence-electron chi connectivity index (χ2n) is 3.26. The molecule has 0 saturated carbocycles. The summed E-state index contributed by atoms with van der Waals surface area (Å²) in [5.74, 6) is -0.967. The first kappa shape index (κ1) is 26.5. The second kappa shape index (κ2) is 15.5. The van der Waals surface area contributed by atoms with Gasteiger partial charge in [-0.15, -0.1) is 0 Å². The van der Waals surface area contributed by atoms with Crippen LogP contribution < -0.4 is 10.1 Å². The number of hydrogen-bond acceptors (Lipinski definition) is 5. The Hall–Kier alpha value is -0.354. The molecule has 0 unspecified atom stereocenters. The van der Waals surface area contributed by atoms with E-state index in [2.05, 4.69) is 24.1 Å². The fourth-order valence-electron chi connectivity index (χ4n) is 0.954. The molecule has 0 bridgehead atoms. The van der Waals surface area contributed by atoms with Gasteiger partial charge in [-0.2, -0.15) is 4.98 Å². The molecule has 0 aliphatic rings. The van der Waals surface area contributed by atoms with E-state index >= 15 is 0 Å². The first-order valence-electron chi connectivity index (χ1n) is 5.33. The van der Waals surface area contributed by atoms with Gasteiger partial charge in [0.15, 0.2) is 11.8 Å². The number of anilines is 1. The molecule has 10 heteroatoms. The fourth-order valence-corrected chi connectivity index (χ4v) is 1.11. The van der Waals surface area contributed by atoms with Crippen molar-refractivity contribution < 1.29 is 77.3 Å². The van der Waals surface area contributed by atoms with Crippen LogP contribution in [-0.4, -0.2) is 42.3 Å². The van der Waals surface area contributed by atoms with Crippen LogP contribution in [0.2, 0.25) is 5.02 Å². The minimum atomic E-state index is -1.08. The summed E-state index contributed by atoms with van der Waals surface area (Å²) in [6, 6.07) is 3.19. The number of nitrogens with zero attached hydrogens (tertiary/aromatic N) is 1. The standard InChI is InChI=1S/C10H12ClN2O3.C2H3O2.Re.Y/c1-7(14)12-10-8(11)3-4-9(13-10)16-6-5-15-2;1-2(3)4;;/h3-4H,1,5-6H2,2H3,(H,12,13,14);1H2,(H,3,4);;/q2*-1;;. The van der Waals surface area contributed by atoms with Gasteiger partial charge in [0, 0.05) is 66.3 Å². The Morgan fingerprint density at radius 1 is 1.36 bits per heavy atom. The van der Waals surface area contributed by atoms with Gasteiger partial charge in [-0.3, -0.25) is 11.7 Å². The van der Waals surface area contributed by atoms with E-state index in [4.69, 9.17) is 31.0 Å². The van der Waals surface area contributed by atoms with E-state index in [9.17, 15) is 4.79 Å². The van der Waals surface area contributed by atoms with Crippen LogP contribution in [0.3, 0.4) is 0 Å². The first-order valence-corrected chi connectivity index (χ1v) is 5.70. The Labute approximate surface area is 173 Å². The summed E-state index contributed by atoms with van der Waals surface area (Å²) in [6.45, 7) is 6.56. The van der Waals surface area contributed by atoms with E-state index in [1.54, 1.807) is 19.2 Å². The maximum Gasteiger partial charge on any atom is 0.215 e. The molecule has 7 nitrogen and oxygen atoms in total. The fraction of sp³-hybridized carbons (Fsp3) is 0.250. The molecular formula is C12H15ClN2O5ReY-2. The Bertz CT molecular complexity index is 461. The van der Waals surface area contributed by atoms with E-state index in [0.717, 1.165) is 0 Å². The molecule has 1 rings (SSSR count). The van der Waals surface area contributed by atoms with Crippen LogP contribution in [0.15, 0.2) is 12.1 Å². The third-order valence-electron chi connectivity index (χ3n) is 1.62. The smallest absolute Gasteiger partial charge is 0.215 e. The maximum atomic E-state index is 10.8. The average molecular weight is 578 g/mol. The molecule has 0 aliphatic heterocycles. The van der Waals surface area contributed by atoms with Gasteiger partial charge in [0.25, 0.3) is 0 Å². The molecule has 1 heterocycles. The largest absolute Gasteiger partial charge is 0.503 e. The number of nitrogens with one attached hydrogen (secondary N) is 1. The molecule has 2 N–H and O–H groups in total. The van der Waals surface area contributed by atoms with Crippen molar-refractivity contribution >= 4 is 29.3 Å². The Morgan fingerprint density at radius 2 is 1.91 bits per heavy atom. The number of rotatable bonds is 5. The van der Waals surface area contributed by atoms with Crippen molar-refractivity contribution in [3.05, 3.63) is 31.0 Å². The van der Waals surface area contributed by atoms with Crippen LogP contribution in [0.25, 0.3) is 0 Å². The van der Waals surface area contributed by atoms with E-state index in [1.807, 2.05) is 0 Å². The number of pyridine rings is 1. The van der Waals surface area contributed by atoms with Crippen molar-refractivity contribution in [1.29, 1.82) is 0 Å². The quantitative estimate of drug-likeness (QED) is 0.406. The normalized spacial score (nSPS) is 8.27. The number of methoxy groups -OCH3 is 1. The summed E-state index contributed by atoms with van der Waals surface area (Å²) in [5, 5.41) is 10.0. The Kier molecular flexibility index (Phi) is 18.7. The number of aliphatic carboxylic acids is 1. The van der Waals surface area contributed by atoms with Gasteiger partial charge in [0.05, 0.1) is 17.5 Å². The molecule has 1 aromatic heterocycles. The summed E-state index contributed by atoms with van der Waals surface area (Å²) in [6.07, 6.45) is 0. The van der Waals surface area contributed by atoms with Crippen molar-refractivity contribution in [2.45, 2.75) is 0 Å². The zero-order chi connectivity index (χ0) is 15.5. The van der Waals surface area contributed by atoms with Crippen molar-refractivity contribution in [3.63, 3.8) is 0 Å². The third-order valence-corrected chi connectivity index (χ3v) is 1.92. The SMILES string of the molecule is [CH2-]C(=O)Nc1nc(OCCOC)ccc1Cl.[CH2-]C(=O)O.[Re].[Y]. The van der Waals surface area contributed by atoms with Crippen molar-refractivity contribution in [1.82, 2.24) is 4.98 Å². The first-order chi connectivity index (χ1) is 9.36. The zero-order valence-electron chi connectivity index (χ0n) is 11.8. The van der Waals surface area contributed by atoms with Gasteiger partial charge in [-0.05, 0) is 6.07 Å². The molecule has 122 valence electrons. The Morgan fingerprint density at radius 3 is 2.36 bits per heavy atom. The van der Waals surface area contributed by atoms with Crippen LogP contribution in [0.5, 0.6) is 5.88 Å². The van der Waals surface area contributed by atoms with E-state index in [-0.39, 0.29) is 58.9 Å². The van der Waals surface area contributed by atoms with Crippen LogP contribution in [0.4, 0.5) is 5.82 Å². The summed E-state index contributed by atoms with van der Waals surface area (Å²) in [7, 11) is 1.58. The van der Waals surface area contributed by atoms with Gasteiger partial charge in [0.2, 0.25) is 5.88 Å². The number of amides is 1. The minimum absolute atomic E-state index is 0. The molecule has 0 fully saturated rings. The number of aromatic nitrogens is 1.